The molecule has 0 bridgehead atoms. The maximum atomic E-state index is 6.25. The maximum Gasteiger partial charge on any atom is 0.180 e. The number of hydrogen-bond donors (Lipinski definition) is 1. The molecular formula is C12H10Cl2N2S. The Bertz CT molecular complexity index is 580. The Balaban J connectivity index is 2.06. The molecule has 0 amide bonds. The third-order valence-corrected chi connectivity index (χ3v) is 4.67. The van der Waals surface area contributed by atoms with Gasteiger partial charge >= 0.3 is 0 Å². The summed E-state index contributed by atoms with van der Waals surface area (Å²) in [5.41, 5.74) is 8.00. The number of anilines is 1. The van der Waals surface area contributed by atoms with Crippen LogP contribution in [0.5, 0.6) is 0 Å². The predicted molar refractivity (Wildman–Crippen MR) is 73.2 cm³/mol. The first kappa shape index (κ1) is 11.3. The molecule has 0 spiro atoms. The lowest BCUT2D eigenvalue weighted by Crippen LogP contribution is -1.95. The lowest BCUT2D eigenvalue weighted by Gasteiger charge is -2.12. The van der Waals surface area contributed by atoms with E-state index in [9.17, 15) is 0 Å². The van der Waals surface area contributed by atoms with Gasteiger partial charge in [-0.3, -0.25) is 0 Å². The summed E-state index contributed by atoms with van der Waals surface area (Å²) in [5.74, 6) is 0.324. The van der Waals surface area contributed by atoms with Crippen molar-refractivity contribution in [3.63, 3.8) is 0 Å². The summed E-state index contributed by atoms with van der Waals surface area (Å²) < 4.78 is 0. The molecule has 3 rings (SSSR count). The summed E-state index contributed by atoms with van der Waals surface area (Å²) in [7, 11) is 0. The molecule has 1 aromatic heterocycles. The van der Waals surface area contributed by atoms with Crippen LogP contribution in [0.15, 0.2) is 18.2 Å². The minimum absolute atomic E-state index is 0.324. The number of aromatic nitrogens is 1. The zero-order valence-corrected chi connectivity index (χ0v) is 11.2. The van der Waals surface area contributed by atoms with E-state index in [0.29, 0.717) is 16.1 Å². The van der Waals surface area contributed by atoms with Crippen LogP contribution < -0.4 is 5.73 Å². The highest BCUT2D eigenvalue weighted by Crippen LogP contribution is 2.44. The van der Waals surface area contributed by atoms with E-state index in [4.69, 9.17) is 28.9 Å². The summed E-state index contributed by atoms with van der Waals surface area (Å²) in [6.07, 6.45) is 2.03. The van der Waals surface area contributed by atoms with E-state index in [1.165, 1.54) is 4.88 Å². The van der Waals surface area contributed by atoms with Gasteiger partial charge in [0.1, 0.15) is 0 Å². The van der Waals surface area contributed by atoms with Crippen molar-refractivity contribution in [3.05, 3.63) is 44.4 Å². The van der Waals surface area contributed by atoms with Gasteiger partial charge in [0, 0.05) is 20.8 Å². The van der Waals surface area contributed by atoms with Crippen LogP contribution in [-0.2, 0) is 6.42 Å². The number of benzene rings is 1. The van der Waals surface area contributed by atoms with Gasteiger partial charge in [-0.2, -0.15) is 0 Å². The fourth-order valence-electron chi connectivity index (χ4n) is 2.33. The lowest BCUT2D eigenvalue weighted by atomic mass is 9.98. The molecule has 0 saturated carbocycles. The molecule has 0 aliphatic heterocycles. The summed E-state index contributed by atoms with van der Waals surface area (Å²) in [5, 5.41) is 2.04. The topological polar surface area (TPSA) is 38.9 Å². The number of aryl methyl sites for hydroxylation is 1. The molecule has 17 heavy (non-hydrogen) atoms. The molecule has 1 unspecified atom stereocenters. The quantitative estimate of drug-likeness (QED) is 0.856. The SMILES string of the molecule is Nc1nc2c(s1)C(c1ccc(Cl)cc1Cl)CC2. The van der Waals surface area contributed by atoms with Crippen LogP contribution in [0.25, 0.3) is 0 Å². The summed E-state index contributed by atoms with van der Waals surface area (Å²) >= 11 is 13.7. The van der Waals surface area contributed by atoms with Crippen molar-refractivity contribution in [1.29, 1.82) is 0 Å². The van der Waals surface area contributed by atoms with E-state index < -0.39 is 0 Å². The van der Waals surface area contributed by atoms with Crippen LogP contribution in [0.1, 0.15) is 28.5 Å². The van der Waals surface area contributed by atoms with Gasteiger partial charge in [0.2, 0.25) is 0 Å². The van der Waals surface area contributed by atoms with Crippen LogP contribution in [0, 0.1) is 0 Å². The van der Waals surface area contributed by atoms with E-state index in [1.54, 1.807) is 17.4 Å². The second kappa shape index (κ2) is 4.16. The summed E-state index contributed by atoms with van der Waals surface area (Å²) in [6.45, 7) is 0. The minimum atomic E-state index is 0.324. The molecule has 88 valence electrons. The Morgan fingerprint density at radius 2 is 2.18 bits per heavy atom. The van der Waals surface area contributed by atoms with Crippen LogP contribution in [-0.4, -0.2) is 4.98 Å². The zero-order chi connectivity index (χ0) is 12.0. The van der Waals surface area contributed by atoms with E-state index >= 15 is 0 Å². The molecular weight excluding hydrogens is 275 g/mol. The number of thiazole rings is 1. The van der Waals surface area contributed by atoms with Gasteiger partial charge in [0.15, 0.2) is 5.13 Å². The van der Waals surface area contributed by atoms with Crippen LogP contribution in [0.2, 0.25) is 10.0 Å². The lowest BCUT2D eigenvalue weighted by molar-refractivity contribution is 0.791. The van der Waals surface area contributed by atoms with E-state index in [-0.39, 0.29) is 0 Å². The first-order valence-corrected chi connectivity index (χ1v) is 6.92. The van der Waals surface area contributed by atoms with Crippen molar-refractivity contribution in [1.82, 2.24) is 4.98 Å². The van der Waals surface area contributed by atoms with Crippen molar-refractivity contribution < 1.29 is 0 Å². The first-order valence-electron chi connectivity index (χ1n) is 5.35. The van der Waals surface area contributed by atoms with E-state index in [0.717, 1.165) is 29.1 Å². The molecule has 1 aliphatic rings. The standard InChI is InChI=1S/C12H10Cl2N2S/c13-6-1-2-7(9(14)5-6)8-3-4-10-11(8)17-12(15)16-10/h1-2,5,8H,3-4H2,(H2,15,16). The number of hydrogen-bond acceptors (Lipinski definition) is 3. The Kier molecular flexibility index (Phi) is 2.77. The Labute approximate surface area is 113 Å². The summed E-state index contributed by atoms with van der Waals surface area (Å²) in [4.78, 5) is 5.60. The molecule has 1 aromatic carbocycles. The fraction of sp³-hybridized carbons (Fsp3) is 0.250. The second-order valence-corrected chi connectivity index (χ2v) is 6.03. The first-order chi connectivity index (χ1) is 8.15. The number of rotatable bonds is 1. The van der Waals surface area contributed by atoms with Crippen LogP contribution in [0.3, 0.4) is 0 Å². The van der Waals surface area contributed by atoms with Crippen molar-refractivity contribution >= 4 is 39.7 Å². The highest BCUT2D eigenvalue weighted by atomic mass is 35.5. The molecule has 2 N–H and O–H groups in total. The fourth-order valence-corrected chi connectivity index (χ4v) is 3.90. The molecule has 0 saturated heterocycles. The van der Waals surface area contributed by atoms with Crippen molar-refractivity contribution in [2.24, 2.45) is 0 Å². The third kappa shape index (κ3) is 1.92. The van der Waals surface area contributed by atoms with Crippen molar-refractivity contribution in [3.8, 4) is 0 Å². The normalized spacial score (nSPS) is 18.4. The monoisotopic (exact) mass is 284 g/mol. The third-order valence-electron chi connectivity index (χ3n) is 3.07. The molecule has 5 heteroatoms. The largest absolute Gasteiger partial charge is 0.375 e. The van der Waals surface area contributed by atoms with Crippen molar-refractivity contribution in [2.45, 2.75) is 18.8 Å². The smallest absolute Gasteiger partial charge is 0.180 e. The number of nitrogens with zero attached hydrogens (tertiary/aromatic N) is 1. The summed E-state index contributed by atoms with van der Waals surface area (Å²) in [6, 6.07) is 5.67. The van der Waals surface area contributed by atoms with Gasteiger partial charge in [0.05, 0.1) is 5.69 Å². The number of fused-ring (bicyclic) bond motifs is 1. The molecule has 0 radical (unpaired) electrons. The molecule has 0 fully saturated rings. The number of nitrogens with two attached hydrogens (primary N) is 1. The average molecular weight is 285 g/mol. The zero-order valence-electron chi connectivity index (χ0n) is 8.91. The van der Waals surface area contributed by atoms with Gasteiger partial charge < -0.3 is 5.73 Å². The highest BCUT2D eigenvalue weighted by molar-refractivity contribution is 7.15. The molecule has 1 heterocycles. The average Bonchev–Trinajstić information content (AvgIpc) is 2.78. The maximum absolute atomic E-state index is 6.25. The van der Waals surface area contributed by atoms with Crippen molar-refractivity contribution in [2.75, 3.05) is 5.73 Å². The minimum Gasteiger partial charge on any atom is -0.375 e. The van der Waals surface area contributed by atoms with Crippen LogP contribution in [0.4, 0.5) is 5.13 Å². The highest BCUT2D eigenvalue weighted by Gasteiger charge is 2.29. The molecule has 2 aromatic rings. The van der Waals surface area contributed by atoms with Gasteiger partial charge in [-0.1, -0.05) is 29.3 Å². The van der Waals surface area contributed by atoms with E-state index in [1.807, 2.05) is 12.1 Å². The molecule has 1 atom stereocenters. The second-order valence-electron chi connectivity index (χ2n) is 4.12. The van der Waals surface area contributed by atoms with Gasteiger partial charge in [-0.05, 0) is 30.5 Å². The predicted octanol–water partition coefficient (Wildman–Crippen LogP) is 4.11. The number of halogens is 2. The Hall–Kier alpha value is -0.770. The van der Waals surface area contributed by atoms with Gasteiger partial charge in [0.25, 0.3) is 0 Å². The molecule has 2 nitrogen and oxygen atoms in total. The number of nitrogen functional groups attached to an aromatic ring is 1. The Morgan fingerprint density at radius 1 is 1.35 bits per heavy atom. The molecule has 1 aliphatic carbocycles. The Morgan fingerprint density at radius 3 is 2.94 bits per heavy atom. The van der Waals surface area contributed by atoms with Crippen LogP contribution >= 0.6 is 34.5 Å². The van der Waals surface area contributed by atoms with E-state index in [2.05, 4.69) is 4.98 Å². The van der Waals surface area contributed by atoms with Gasteiger partial charge in [-0.15, -0.1) is 11.3 Å². The van der Waals surface area contributed by atoms with Gasteiger partial charge in [-0.25, -0.2) is 4.98 Å².